The molecule has 1 heterocycles. The summed E-state index contributed by atoms with van der Waals surface area (Å²) in [6.45, 7) is 6.88. The summed E-state index contributed by atoms with van der Waals surface area (Å²) in [7, 11) is 2.08. The van der Waals surface area contributed by atoms with Gasteiger partial charge in [-0.15, -0.1) is 4.37 Å². The lowest BCUT2D eigenvalue weighted by atomic mass is 10.3. The van der Waals surface area contributed by atoms with E-state index >= 15 is 0 Å². The summed E-state index contributed by atoms with van der Waals surface area (Å²) in [4.78, 5) is 2.25. The number of hydrogen-bond donors (Lipinski definition) is 2. The normalized spacial score (nSPS) is 13.2. The van der Waals surface area contributed by atoms with Crippen molar-refractivity contribution in [2.24, 2.45) is 0 Å². The van der Waals surface area contributed by atoms with Crippen LogP contribution in [0.15, 0.2) is 6.20 Å². The molecule has 0 bridgehead atoms. The minimum absolute atomic E-state index is 0.235. The Morgan fingerprint density at radius 3 is 2.94 bits per heavy atom. The number of nitrogens with zero attached hydrogens (tertiary/aromatic N) is 3. The molecule has 2 N–H and O–H groups in total. The van der Waals surface area contributed by atoms with Crippen LogP contribution in [0.5, 0.6) is 5.88 Å². The molecule has 0 saturated heterocycles. The van der Waals surface area contributed by atoms with Crippen molar-refractivity contribution in [3.05, 3.63) is 6.20 Å². The standard InChI is InChI=1S/C11H22N4O2S/c1-9(2)15(3)5-4-12-6-10(16)8-17-11-7-13-18-14-11/h7,9-10,12,16H,4-6,8H2,1-3H3. The van der Waals surface area contributed by atoms with Crippen molar-refractivity contribution in [1.29, 1.82) is 0 Å². The maximum absolute atomic E-state index is 9.68. The fourth-order valence-corrected chi connectivity index (χ4v) is 1.61. The van der Waals surface area contributed by atoms with Crippen LogP contribution in [0.2, 0.25) is 0 Å². The van der Waals surface area contributed by atoms with Crippen molar-refractivity contribution >= 4 is 11.7 Å². The monoisotopic (exact) mass is 274 g/mol. The van der Waals surface area contributed by atoms with Gasteiger partial charge in [0.05, 0.1) is 11.7 Å². The van der Waals surface area contributed by atoms with Crippen LogP contribution in [0.25, 0.3) is 0 Å². The molecule has 18 heavy (non-hydrogen) atoms. The molecule has 0 spiro atoms. The first-order valence-electron chi connectivity index (χ1n) is 6.09. The summed E-state index contributed by atoms with van der Waals surface area (Å²) >= 11 is 1.09. The Balaban J connectivity index is 2.01. The lowest BCUT2D eigenvalue weighted by molar-refractivity contribution is 0.103. The zero-order valence-corrected chi connectivity index (χ0v) is 12.0. The van der Waals surface area contributed by atoms with E-state index < -0.39 is 6.10 Å². The average molecular weight is 274 g/mol. The molecule has 1 rings (SSSR count). The fourth-order valence-electron chi connectivity index (χ4n) is 1.24. The predicted octanol–water partition coefficient (Wildman–Crippen LogP) is 0.208. The van der Waals surface area contributed by atoms with Gasteiger partial charge in [0, 0.05) is 25.7 Å². The van der Waals surface area contributed by atoms with Gasteiger partial charge < -0.3 is 20.1 Å². The highest BCUT2D eigenvalue weighted by molar-refractivity contribution is 6.99. The highest BCUT2D eigenvalue weighted by atomic mass is 32.1. The summed E-state index contributed by atoms with van der Waals surface area (Å²) in [5.41, 5.74) is 0. The van der Waals surface area contributed by atoms with E-state index in [-0.39, 0.29) is 6.61 Å². The van der Waals surface area contributed by atoms with Gasteiger partial charge in [-0.3, -0.25) is 0 Å². The van der Waals surface area contributed by atoms with Crippen molar-refractivity contribution in [1.82, 2.24) is 19.0 Å². The maximum Gasteiger partial charge on any atom is 0.245 e. The number of ether oxygens (including phenoxy) is 1. The van der Waals surface area contributed by atoms with Gasteiger partial charge in [0.1, 0.15) is 18.9 Å². The molecule has 0 aromatic carbocycles. The number of aromatic nitrogens is 2. The lowest BCUT2D eigenvalue weighted by Gasteiger charge is -2.21. The molecule has 1 aromatic rings. The molecule has 0 radical (unpaired) electrons. The second-order valence-corrected chi connectivity index (χ2v) is 5.05. The molecular formula is C11H22N4O2S. The van der Waals surface area contributed by atoms with Gasteiger partial charge in [0.2, 0.25) is 5.88 Å². The van der Waals surface area contributed by atoms with Crippen LogP contribution in [0.1, 0.15) is 13.8 Å². The zero-order chi connectivity index (χ0) is 13.4. The number of aliphatic hydroxyl groups is 1. The van der Waals surface area contributed by atoms with Crippen LogP contribution in [-0.2, 0) is 0 Å². The Labute approximate surface area is 112 Å². The number of aliphatic hydroxyl groups excluding tert-OH is 1. The van der Waals surface area contributed by atoms with Crippen molar-refractivity contribution in [3.63, 3.8) is 0 Å². The second kappa shape index (κ2) is 8.36. The largest absolute Gasteiger partial charge is 0.473 e. The Kier molecular flexibility index (Phi) is 7.11. The molecule has 0 saturated carbocycles. The second-order valence-electron chi connectivity index (χ2n) is 4.49. The molecule has 0 fully saturated rings. The summed E-state index contributed by atoms with van der Waals surface area (Å²) in [5, 5.41) is 12.9. The Morgan fingerprint density at radius 1 is 1.56 bits per heavy atom. The van der Waals surface area contributed by atoms with Gasteiger partial charge in [-0.05, 0) is 20.9 Å². The summed E-state index contributed by atoms with van der Waals surface area (Å²) < 4.78 is 13.0. The Bertz CT molecular complexity index is 308. The molecule has 0 aliphatic rings. The molecule has 6 nitrogen and oxygen atoms in total. The number of rotatable bonds is 9. The smallest absolute Gasteiger partial charge is 0.245 e. The lowest BCUT2D eigenvalue weighted by Crippen LogP contribution is -2.38. The molecule has 0 aliphatic heterocycles. The van der Waals surface area contributed by atoms with Crippen LogP contribution in [0.4, 0.5) is 0 Å². The van der Waals surface area contributed by atoms with Crippen LogP contribution >= 0.6 is 11.7 Å². The van der Waals surface area contributed by atoms with E-state index in [4.69, 9.17) is 4.74 Å². The third-order valence-corrected chi connectivity index (χ3v) is 3.13. The highest BCUT2D eigenvalue weighted by Crippen LogP contribution is 2.04. The van der Waals surface area contributed by atoms with Crippen LogP contribution in [0.3, 0.4) is 0 Å². The van der Waals surface area contributed by atoms with Gasteiger partial charge in [0.15, 0.2) is 0 Å². The maximum atomic E-state index is 9.68. The van der Waals surface area contributed by atoms with Gasteiger partial charge in [-0.2, -0.15) is 4.37 Å². The van der Waals surface area contributed by atoms with Gasteiger partial charge >= 0.3 is 0 Å². The van der Waals surface area contributed by atoms with E-state index in [2.05, 4.69) is 39.9 Å². The third-order valence-electron chi connectivity index (χ3n) is 2.67. The number of likely N-dealkylation sites (N-methyl/N-ethyl adjacent to an activating group) is 1. The Morgan fingerprint density at radius 2 is 2.33 bits per heavy atom. The third kappa shape index (κ3) is 6.25. The van der Waals surface area contributed by atoms with Crippen molar-refractivity contribution in [3.8, 4) is 5.88 Å². The van der Waals surface area contributed by atoms with E-state index in [1.165, 1.54) is 0 Å². The van der Waals surface area contributed by atoms with E-state index in [1.54, 1.807) is 6.20 Å². The molecule has 1 atom stereocenters. The molecule has 104 valence electrons. The molecule has 0 aliphatic carbocycles. The van der Waals surface area contributed by atoms with Gasteiger partial charge in [0.25, 0.3) is 0 Å². The number of hydrogen-bond acceptors (Lipinski definition) is 7. The Hall–Kier alpha value is -0.760. The van der Waals surface area contributed by atoms with Crippen LogP contribution in [0, 0.1) is 0 Å². The first kappa shape index (κ1) is 15.3. The van der Waals surface area contributed by atoms with Crippen molar-refractivity contribution in [2.45, 2.75) is 26.0 Å². The number of nitrogens with one attached hydrogen (secondary N) is 1. The van der Waals surface area contributed by atoms with E-state index in [0.29, 0.717) is 18.5 Å². The fraction of sp³-hybridized carbons (Fsp3) is 0.818. The van der Waals surface area contributed by atoms with E-state index in [9.17, 15) is 5.11 Å². The topological polar surface area (TPSA) is 70.5 Å². The van der Waals surface area contributed by atoms with Crippen LogP contribution in [-0.4, -0.2) is 64.2 Å². The van der Waals surface area contributed by atoms with E-state index in [1.807, 2.05) is 0 Å². The van der Waals surface area contributed by atoms with Crippen LogP contribution < -0.4 is 10.1 Å². The average Bonchev–Trinajstić information content (AvgIpc) is 2.84. The first-order chi connectivity index (χ1) is 8.59. The molecule has 0 amide bonds. The van der Waals surface area contributed by atoms with Crippen molar-refractivity contribution in [2.75, 3.05) is 33.3 Å². The van der Waals surface area contributed by atoms with Gasteiger partial charge in [-0.25, -0.2) is 0 Å². The molecule has 1 aromatic heterocycles. The zero-order valence-electron chi connectivity index (χ0n) is 11.2. The minimum atomic E-state index is -0.531. The predicted molar refractivity (Wildman–Crippen MR) is 72.0 cm³/mol. The summed E-state index contributed by atoms with van der Waals surface area (Å²) in [6.07, 6.45) is 1.01. The SMILES string of the molecule is CC(C)N(C)CCNCC(O)COc1cnsn1. The summed E-state index contributed by atoms with van der Waals surface area (Å²) in [6, 6.07) is 0.539. The summed E-state index contributed by atoms with van der Waals surface area (Å²) in [5.74, 6) is 0.471. The molecule has 7 heteroatoms. The van der Waals surface area contributed by atoms with E-state index in [0.717, 1.165) is 24.8 Å². The highest BCUT2D eigenvalue weighted by Gasteiger charge is 2.07. The first-order valence-corrected chi connectivity index (χ1v) is 6.82. The minimum Gasteiger partial charge on any atom is -0.473 e. The van der Waals surface area contributed by atoms with Gasteiger partial charge in [-0.1, -0.05) is 0 Å². The molecule has 1 unspecified atom stereocenters. The molecular weight excluding hydrogens is 252 g/mol. The quantitative estimate of drug-likeness (QED) is 0.627. The van der Waals surface area contributed by atoms with Crippen molar-refractivity contribution < 1.29 is 9.84 Å².